The summed E-state index contributed by atoms with van der Waals surface area (Å²) in [6.45, 7) is 6.02. The van der Waals surface area contributed by atoms with Gasteiger partial charge in [0.25, 0.3) is 5.91 Å². The third kappa shape index (κ3) is 5.57. The number of carboxylic acids is 1. The normalized spacial score (nSPS) is 16.9. The van der Waals surface area contributed by atoms with E-state index in [9.17, 15) is 14.4 Å². The van der Waals surface area contributed by atoms with E-state index in [1.165, 1.54) is 11.8 Å². The Morgan fingerprint density at radius 1 is 1.30 bits per heavy atom. The molecule has 0 aromatic heterocycles. The number of benzene rings is 1. The van der Waals surface area contributed by atoms with Crippen molar-refractivity contribution in [1.82, 2.24) is 9.80 Å². The molecule has 0 radical (unpaired) electrons. The van der Waals surface area contributed by atoms with Gasteiger partial charge >= 0.3 is 5.97 Å². The Labute approximate surface area is 159 Å². The van der Waals surface area contributed by atoms with Crippen molar-refractivity contribution in [1.29, 1.82) is 0 Å². The highest BCUT2D eigenvalue weighted by atomic mass is 16.5. The van der Waals surface area contributed by atoms with Crippen LogP contribution in [0.1, 0.15) is 36.5 Å². The first-order valence-corrected chi connectivity index (χ1v) is 9.05. The molecule has 1 saturated heterocycles. The molecule has 1 aliphatic heterocycles. The molecule has 27 heavy (non-hydrogen) atoms. The Kier molecular flexibility index (Phi) is 7.40. The molecule has 1 atom stereocenters. The summed E-state index contributed by atoms with van der Waals surface area (Å²) >= 11 is 0. The van der Waals surface area contributed by atoms with Crippen molar-refractivity contribution in [2.75, 3.05) is 26.2 Å². The Balaban J connectivity index is 2.09. The second-order valence-corrected chi connectivity index (χ2v) is 6.51. The molecule has 1 unspecified atom stereocenters. The van der Waals surface area contributed by atoms with Gasteiger partial charge in [0.2, 0.25) is 5.91 Å². The SMILES string of the molecule is C=CCOc1ccccc1C(=O)N1CCCC(N(CC(=O)O)C(C)=O)CC1. The quantitative estimate of drug-likeness (QED) is 0.739. The van der Waals surface area contributed by atoms with Crippen LogP contribution >= 0.6 is 0 Å². The summed E-state index contributed by atoms with van der Waals surface area (Å²) in [6, 6.07) is 6.91. The van der Waals surface area contributed by atoms with Gasteiger partial charge in [-0.3, -0.25) is 14.4 Å². The number of carboxylic acid groups (broad SMARTS) is 1. The van der Waals surface area contributed by atoms with E-state index in [1.54, 1.807) is 29.2 Å². The number of amides is 2. The fourth-order valence-electron chi connectivity index (χ4n) is 3.33. The Bertz CT molecular complexity index is 703. The minimum Gasteiger partial charge on any atom is -0.489 e. The maximum Gasteiger partial charge on any atom is 0.323 e. The summed E-state index contributed by atoms with van der Waals surface area (Å²) < 4.78 is 5.58. The van der Waals surface area contributed by atoms with Crippen LogP contribution in [-0.2, 0) is 9.59 Å². The molecular formula is C20H26N2O5. The van der Waals surface area contributed by atoms with Crippen LogP contribution in [0.4, 0.5) is 0 Å². The van der Waals surface area contributed by atoms with Gasteiger partial charge in [0.15, 0.2) is 0 Å². The van der Waals surface area contributed by atoms with E-state index in [0.717, 1.165) is 0 Å². The first-order valence-electron chi connectivity index (χ1n) is 9.05. The van der Waals surface area contributed by atoms with Crippen molar-refractivity contribution in [2.45, 2.75) is 32.2 Å². The molecule has 2 amide bonds. The number of likely N-dealkylation sites (tertiary alicyclic amines) is 1. The highest BCUT2D eigenvalue weighted by molar-refractivity contribution is 5.97. The topological polar surface area (TPSA) is 87.2 Å². The van der Waals surface area contributed by atoms with Gasteiger partial charge < -0.3 is 19.6 Å². The summed E-state index contributed by atoms with van der Waals surface area (Å²) in [4.78, 5) is 39.0. The number of ether oxygens (including phenoxy) is 1. The van der Waals surface area contributed by atoms with Crippen molar-refractivity contribution in [3.05, 3.63) is 42.5 Å². The number of rotatable bonds is 7. The lowest BCUT2D eigenvalue weighted by atomic mass is 10.1. The molecule has 1 aliphatic rings. The molecule has 146 valence electrons. The minimum atomic E-state index is -1.03. The molecule has 1 N–H and O–H groups in total. The number of hydrogen-bond acceptors (Lipinski definition) is 4. The lowest BCUT2D eigenvalue weighted by molar-refractivity contribution is -0.145. The standard InChI is InChI=1S/C20H26N2O5/c1-3-13-27-18-9-5-4-8-17(18)20(26)21-11-6-7-16(10-12-21)22(15(2)23)14-19(24)25/h3-5,8-9,16H,1,6-7,10-14H2,2H3,(H,24,25). The molecule has 0 saturated carbocycles. The lowest BCUT2D eigenvalue weighted by Gasteiger charge is -2.29. The van der Waals surface area contributed by atoms with Gasteiger partial charge in [-0.15, -0.1) is 0 Å². The predicted octanol–water partition coefficient (Wildman–Crippen LogP) is 2.18. The van der Waals surface area contributed by atoms with Crippen molar-refractivity contribution >= 4 is 17.8 Å². The van der Waals surface area contributed by atoms with Crippen LogP contribution in [-0.4, -0.2) is 65.0 Å². The van der Waals surface area contributed by atoms with Crippen LogP contribution in [0, 0.1) is 0 Å². The summed E-state index contributed by atoms with van der Waals surface area (Å²) in [5.41, 5.74) is 0.492. The maximum atomic E-state index is 13.0. The van der Waals surface area contributed by atoms with Crippen LogP contribution in [0.25, 0.3) is 0 Å². The van der Waals surface area contributed by atoms with Gasteiger partial charge in [0.05, 0.1) is 5.56 Å². The van der Waals surface area contributed by atoms with E-state index in [1.807, 2.05) is 6.07 Å². The van der Waals surface area contributed by atoms with E-state index in [2.05, 4.69) is 6.58 Å². The molecule has 1 fully saturated rings. The third-order valence-electron chi connectivity index (χ3n) is 4.61. The van der Waals surface area contributed by atoms with E-state index < -0.39 is 5.97 Å². The second-order valence-electron chi connectivity index (χ2n) is 6.51. The molecular weight excluding hydrogens is 348 g/mol. The zero-order valence-corrected chi connectivity index (χ0v) is 15.6. The van der Waals surface area contributed by atoms with Gasteiger partial charge in [0, 0.05) is 26.1 Å². The van der Waals surface area contributed by atoms with E-state index in [4.69, 9.17) is 9.84 Å². The molecule has 0 bridgehead atoms. The number of carbonyl (C=O) groups is 3. The molecule has 2 rings (SSSR count). The highest BCUT2D eigenvalue weighted by Crippen LogP contribution is 2.23. The van der Waals surface area contributed by atoms with E-state index >= 15 is 0 Å². The van der Waals surface area contributed by atoms with Gasteiger partial charge in [-0.05, 0) is 31.4 Å². The van der Waals surface area contributed by atoms with E-state index in [-0.39, 0.29) is 24.4 Å². The van der Waals surface area contributed by atoms with Gasteiger partial charge in [-0.25, -0.2) is 0 Å². The lowest BCUT2D eigenvalue weighted by Crippen LogP contribution is -2.43. The largest absolute Gasteiger partial charge is 0.489 e. The van der Waals surface area contributed by atoms with Gasteiger partial charge in [-0.2, -0.15) is 0 Å². The number of hydrogen-bond donors (Lipinski definition) is 1. The summed E-state index contributed by atoms with van der Waals surface area (Å²) in [7, 11) is 0. The van der Waals surface area contributed by atoms with Crippen molar-refractivity contribution in [2.24, 2.45) is 0 Å². The molecule has 7 nitrogen and oxygen atoms in total. The van der Waals surface area contributed by atoms with Crippen molar-refractivity contribution in [3.63, 3.8) is 0 Å². The van der Waals surface area contributed by atoms with E-state index in [0.29, 0.717) is 50.3 Å². The second kappa shape index (κ2) is 9.75. The smallest absolute Gasteiger partial charge is 0.323 e. The number of nitrogens with zero attached hydrogens (tertiary/aromatic N) is 2. The van der Waals surface area contributed by atoms with Crippen LogP contribution in [0.15, 0.2) is 36.9 Å². The maximum absolute atomic E-state index is 13.0. The minimum absolute atomic E-state index is 0.122. The monoisotopic (exact) mass is 374 g/mol. The number of para-hydroxylation sites is 1. The zero-order chi connectivity index (χ0) is 19.8. The first kappa shape index (κ1) is 20.5. The van der Waals surface area contributed by atoms with Crippen LogP contribution < -0.4 is 4.74 Å². The van der Waals surface area contributed by atoms with Crippen LogP contribution in [0.5, 0.6) is 5.75 Å². The van der Waals surface area contributed by atoms with Gasteiger partial charge in [-0.1, -0.05) is 24.8 Å². The number of carbonyl (C=O) groups excluding carboxylic acids is 2. The Morgan fingerprint density at radius 3 is 2.70 bits per heavy atom. The number of aliphatic carboxylic acids is 1. The van der Waals surface area contributed by atoms with Crippen molar-refractivity contribution < 1.29 is 24.2 Å². The predicted molar refractivity (Wildman–Crippen MR) is 101 cm³/mol. The molecule has 0 aliphatic carbocycles. The zero-order valence-electron chi connectivity index (χ0n) is 15.6. The summed E-state index contributed by atoms with van der Waals surface area (Å²) in [6.07, 6.45) is 3.55. The fraction of sp³-hybridized carbons (Fsp3) is 0.450. The Hall–Kier alpha value is -2.83. The average Bonchev–Trinajstić information content (AvgIpc) is 2.89. The summed E-state index contributed by atoms with van der Waals surface area (Å²) in [5.74, 6) is -0.900. The molecule has 7 heteroatoms. The van der Waals surface area contributed by atoms with Gasteiger partial charge in [0.1, 0.15) is 18.9 Å². The van der Waals surface area contributed by atoms with Crippen LogP contribution in [0.2, 0.25) is 0 Å². The molecule has 0 spiro atoms. The molecule has 1 heterocycles. The Morgan fingerprint density at radius 2 is 2.04 bits per heavy atom. The summed E-state index contributed by atoms with van der Waals surface area (Å²) in [5, 5.41) is 9.04. The first-order chi connectivity index (χ1) is 12.9. The average molecular weight is 374 g/mol. The molecule has 1 aromatic rings. The highest BCUT2D eigenvalue weighted by Gasteiger charge is 2.28. The van der Waals surface area contributed by atoms with Crippen molar-refractivity contribution in [3.8, 4) is 5.75 Å². The third-order valence-corrected chi connectivity index (χ3v) is 4.61. The van der Waals surface area contributed by atoms with Crippen LogP contribution in [0.3, 0.4) is 0 Å². The molecule has 1 aromatic carbocycles. The fourth-order valence-corrected chi connectivity index (χ4v) is 3.33.